The highest BCUT2D eigenvalue weighted by Gasteiger charge is 2.34. The first-order valence-electron chi connectivity index (χ1n) is 13.6. The Morgan fingerprint density at radius 1 is 0.590 bits per heavy atom. The fourth-order valence-corrected chi connectivity index (χ4v) is 6.57. The van der Waals surface area contributed by atoms with E-state index < -0.39 is 0 Å². The Kier molecular flexibility index (Phi) is 4.99. The number of fused-ring (bicyclic) bond motifs is 5. The van der Waals surface area contributed by atoms with Crippen molar-refractivity contribution in [1.82, 2.24) is 4.98 Å². The number of allylic oxidation sites excluding steroid dienone is 4. The van der Waals surface area contributed by atoms with Crippen LogP contribution in [0.1, 0.15) is 23.0 Å². The van der Waals surface area contributed by atoms with Crippen molar-refractivity contribution in [2.24, 2.45) is 0 Å². The van der Waals surface area contributed by atoms with E-state index in [9.17, 15) is 0 Å². The van der Waals surface area contributed by atoms with Gasteiger partial charge in [-0.15, -0.1) is 0 Å². The molecule has 1 heterocycles. The molecule has 0 bridgehead atoms. The number of para-hydroxylation sites is 1. The van der Waals surface area contributed by atoms with E-state index in [-0.39, 0.29) is 0 Å². The molecule has 0 saturated carbocycles. The highest BCUT2D eigenvalue weighted by Crippen LogP contribution is 2.53. The number of nitrogens with zero attached hydrogens (tertiary/aromatic N) is 2. The molecule has 2 unspecified atom stereocenters. The molecule has 184 valence electrons. The van der Waals surface area contributed by atoms with Gasteiger partial charge < -0.3 is 0 Å². The molecule has 0 fully saturated rings. The third kappa shape index (κ3) is 3.45. The minimum absolute atomic E-state index is 0.397. The average Bonchev–Trinajstić information content (AvgIpc) is 3.35. The molecule has 6 aromatic rings. The van der Waals surface area contributed by atoms with Crippen LogP contribution in [0.25, 0.3) is 32.7 Å². The summed E-state index contributed by atoms with van der Waals surface area (Å²) >= 11 is 0. The van der Waals surface area contributed by atoms with Crippen molar-refractivity contribution < 1.29 is 0 Å². The molecule has 39 heavy (non-hydrogen) atoms. The van der Waals surface area contributed by atoms with Gasteiger partial charge in [0.1, 0.15) is 5.82 Å². The second kappa shape index (κ2) is 8.82. The standard InChI is InChI=1S/C37H26N2/c1-2-11-27(12-3-1)39(35-16-8-9-23-38-35)28-19-17-25(18-20-28)29-21-22-33-31-14-6-7-15-32(31)36-30-13-5-4-10-26(30)24-34(29)37(33)36/h1-24,31-32H. The second-order valence-electron chi connectivity index (χ2n) is 10.4. The molecular weight excluding hydrogens is 472 g/mol. The lowest BCUT2D eigenvalue weighted by molar-refractivity contribution is 0.773. The zero-order chi connectivity index (χ0) is 25.8. The predicted octanol–water partition coefficient (Wildman–Crippen LogP) is 9.83. The molecule has 0 aliphatic heterocycles. The maximum Gasteiger partial charge on any atom is 0.137 e. The number of rotatable bonds is 4. The predicted molar refractivity (Wildman–Crippen MR) is 163 cm³/mol. The Hall–Kier alpha value is -4.95. The summed E-state index contributed by atoms with van der Waals surface area (Å²) in [5.74, 6) is 1.71. The highest BCUT2D eigenvalue weighted by atomic mass is 15.2. The number of pyridine rings is 1. The number of hydrogen-bond acceptors (Lipinski definition) is 2. The highest BCUT2D eigenvalue weighted by molar-refractivity contribution is 6.11. The minimum atomic E-state index is 0.397. The third-order valence-electron chi connectivity index (χ3n) is 8.25. The summed E-state index contributed by atoms with van der Waals surface area (Å²) in [6, 6.07) is 41.4. The fraction of sp³-hybridized carbons (Fsp3) is 0.0541. The van der Waals surface area contributed by atoms with Gasteiger partial charge in [0.15, 0.2) is 0 Å². The molecule has 2 aliphatic rings. The molecule has 0 amide bonds. The van der Waals surface area contributed by atoms with Gasteiger partial charge in [-0.2, -0.15) is 0 Å². The third-order valence-corrected chi connectivity index (χ3v) is 8.25. The average molecular weight is 499 g/mol. The number of hydrogen-bond donors (Lipinski definition) is 0. The summed E-state index contributed by atoms with van der Waals surface area (Å²) in [7, 11) is 0. The molecule has 5 aromatic carbocycles. The maximum absolute atomic E-state index is 4.66. The van der Waals surface area contributed by atoms with E-state index in [4.69, 9.17) is 0 Å². The molecule has 0 N–H and O–H groups in total. The summed E-state index contributed by atoms with van der Waals surface area (Å²) in [5, 5.41) is 5.46. The summed E-state index contributed by atoms with van der Waals surface area (Å²) < 4.78 is 0. The molecule has 8 rings (SSSR count). The molecular formula is C37H26N2. The topological polar surface area (TPSA) is 16.1 Å². The quantitative estimate of drug-likeness (QED) is 0.225. The van der Waals surface area contributed by atoms with Gasteiger partial charge in [0.05, 0.1) is 0 Å². The van der Waals surface area contributed by atoms with Crippen molar-refractivity contribution in [2.45, 2.75) is 11.8 Å². The number of benzene rings is 5. The zero-order valence-electron chi connectivity index (χ0n) is 21.4. The lowest BCUT2D eigenvalue weighted by atomic mass is 9.85. The summed E-state index contributed by atoms with van der Waals surface area (Å²) in [4.78, 5) is 6.86. The maximum atomic E-state index is 4.66. The van der Waals surface area contributed by atoms with Crippen molar-refractivity contribution in [2.75, 3.05) is 4.90 Å². The number of aromatic nitrogens is 1. The van der Waals surface area contributed by atoms with Crippen molar-refractivity contribution in [3.05, 3.63) is 157 Å². The van der Waals surface area contributed by atoms with Gasteiger partial charge in [-0.1, -0.05) is 97.1 Å². The van der Waals surface area contributed by atoms with Crippen molar-refractivity contribution in [3.63, 3.8) is 0 Å². The second-order valence-corrected chi connectivity index (χ2v) is 10.4. The van der Waals surface area contributed by atoms with Gasteiger partial charge in [-0.25, -0.2) is 4.98 Å². The summed E-state index contributed by atoms with van der Waals surface area (Å²) in [5.41, 5.74) is 7.60. The van der Waals surface area contributed by atoms with Crippen LogP contribution in [0.5, 0.6) is 0 Å². The monoisotopic (exact) mass is 498 g/mol. The van der Waals surface area contributed by atoms with Crippen LogP contribution < -0.4 is 4.90 Å². The van der Waals surface area contributed by atoms with Gasteiger partial charge in [0, 0.05) is 29.4 Å². The summed E-state index contributed by atoms with van der Waals surface area (Å²) in [6.07, 6.45) is 11.0. The Morgan fingerprint density at radius 3 is 2.15 bits per heavy atom. The van der Waals surface area contributed by atoms with E-state index in [1.54, 1.807) is 0 Å². The molecule has 0 saturated heterocycles. The van der Waals surface area contributed by atoms with Crippen LogP contribution in [-0.4, -0.2) is 4.98 Å². The van der Waals surface area contributed by atoms with Crippen molar-refractivity contribution in [3.8, 4) is 11.1 Å². The van der Waals surface area contributed by atoms with E-state index >= 15 is 0 Å². The van der Waals surface area contributed by atoms with Crippen LogP contribution in [0.4, 0.5) is 17.2 Å². The van der Waals surface area contributed by atoms with Gasteiger partial charge in [-0.3, -0.25) is 4.90 Å². The molecule has 0 radical (unpaired) electrons. The van der Waals surface area contributed by atoms with Crippen LogP contribution in [0.15, 0.2) is 146 Å². The molecule has 2 aliphatic carbocycles. The van der Waals surface area contributed by atoms with E-state index in [0.29, 0.717) is 11.8 Å². The zero-order valence-corrected chi connectivity index (χ0v) is 21.4. The first-order chi connectivity index (χ1) is 19.4. The minimum Gasteiger partial charge on any atom is -0.295 e. The lowest BCUT2D eigenvalue weighted by Crippen LogP contribution is -2.11. The lowest BCUT2D eigenvalue weighted by Gasteiger charge is -2.24. The van der Waals surface area contributed by atoms with Crippen LogP contribution in [0.2, 0.25) is 0 Å². The Balaban J connectivity index is 1.30. The summed E-state index contributed by atoms with van der Waals surface area (Å²) in [6.45, 7) is 0. The van der Waals surface area contributed by atoms with Gasteiger partial charge in [-0.05, 0) is 86.3 Å². The van der Waals surface area contributed by atoms with Crippen LogP contribution in [0.3, 0.4) is 0 Å². The Morgan fingerprint density at radius 2 is 1.33 bits per heavy atom. The largest absolute Gasteiger partial charge is 0.295 e. The SMILES string of the molecule is C1=CC2c3ccc(-c4ccc(N(c5ccccc5)c5ccccn5)cc4)c4cc5ccccc5c(c34)C2C=C1. The van der Waals surface area contributed by atoms with E-state index in [1.165, 1.54) is 43.8 Å². The molecule has 2 heteroatoms. The van der Waals surface area contributed by atoms with Crippen LogP contribution in [-0.2, 0) is 0 Å². The molecule has 0 spiro atoms. The fourth-order valence-electron chi connectivity index (χ4n) is 6.57. The smallest absolute Gasteiger partial charge is 0.137 e. The molecule has 1 aromatic heterocycles. The normalized spacial score (nSPS) is 17.0. The van der Waals surface area contributed by atoms with Crippen LogP contribution >= 0.6 is 0 Å². The first-order valence-corrected chi connectivity index (χ1v) is 13.6. The van der Waals surface area contributed by atoms with E-state index in [1.807, 2.05) is 24.4 Å². The van der Waals surface area contributed by atoms with E-state index in [2.05, 4.69) is 131 Å². The van der Waals surface area contributed by atoms with Crippen molar-refractivity contribution in [1.29, 1.82) is 0 Å². The van der Waals surface area contributed by atoms with Gasteiger partial charge >= 0.3 is 0 Å². The Labute approximate surface area is 228 Å². The Bertz CT molecular complexity index is 1860. The molecule has 2 nitrogen and oxygen atoms in total. The van der Waals surface area contributed by atoms with E-state index in [0.717, 1.165) is 17.2 Å². The van der Waals surface area contributed by atoms with Crippen molar-refractivity contribution >= 4 is 38.7 Å². The van der Waals surface area contributed by atoms with Gasteiger partial charge in [0.2, 0.25) is 0 Å². The van der Waals surface area contributed by atoms with Crippen LogP contribution in [0, 0.1) is 0 Å². The first kappa shape index (κ1) is 22.1. The van der Waals surface area contributed by atoms with Gasteiger partial charge in [0.25, 0.3) is 0 Å². The molecule has 2 atom stereocenters. The number of anilines is 3.